The van der Waals surface area contributed by atoms with Gasteiger partial charge in [0, 0.05) is 10.6 Å². The topological polar surface area (TPSA) is 0 Å². The fraction of sp³-hybridized carbons (Fsp3) is 0.0769. The molecule has 0 unspecified atom stereocenters. The van der Waals surface area contributed by atoms with E-state index in [0.717, 1.165) is 12.1 Å². The Kier molecular flexibility index (Phi) is 4.29. The van der Waals surface area contributed by atoms with Crippen LogP contribution >= 0.6 is 34.8 Å². The third-order valence-electron chi connectivity index (χ3n) is 2.55. The van der Waals surface area contributed by atoms with Crippen LogP contribution in [0.2, 0.25) is 15.1 Å². The van der Waals surface area contributed by atoms with Crippen LogP contribution in [0.4, 0.5) is 13.2 Å². The average molecular weight is 326 g/mol. The van der Waals surface area contributed by atoms with Crippen molar-refractivity contribution in [3.05, 3.63) is 56.8 Å². The maximum absolute atomic E-state index is 13.2. The molecule has 0 aliphatic rings. The summed E-state index contributed by atoms with van der Waals surface area (Å²) in [5.74, 6) is -0.963. The van der Waals surface area contributed by atoms with Gasteiger partial charge in [0.2, 0.25) is 0 Å². The molecule has 0 atom stereocenters. The van der Waals surface area contributed by atoms with Gasteiger partial charge in [-0.25, -0.2) is 13.2 Å². The number of benzene rings is 2. The molecule has 0 N–H and O–H groups in total. The molecule has 0 bridgehead atoms. The zero-order valence-corrected chi connectivity index (χ0v) is 11.5. The van der Waals surface area contributed by atoms with Crippen molar-refractivity contribution in [1.29, 1.82) is 0 Å². The minimum atomic E-state index is -2.90. The van der Waals surface area contributed by atoms with E-state index in [1.807, 2.05) is 0 Å². The molecule has 0 amide bonds. The molecule has 0 saturated carbocycles. The molecule has 0 saturated heterocycles. The Balaban J connectivity index is 2.59. The summed E-state index contributed by atoms with van der Waals surface area (Å²) < 4.78 is 38.5. The summed E-state index contributed by atoms with van der Waals surface area (Å²) in [5, 5.41) is 0.747. The van der Waals surface area contributed by atoms with Crippen LogP contribution in [0.25, 0.3) is 11.1 Å². The highest BCUT2D eigenvalue weighted by atomic mass is 35.5. The van der Waals surface area contributed by atoms with E-state index in [9.17, 15) is 13.2 Å². The van der Waals surface area contributed by atoms with Crippen LogP contribution in [-0.4, -0.2) is 0 Å². The van der Waals surface area contributed by atoms with Crippen molar-refractivity contribution < 1.29 is 13.2 Å². The fourth-order valence-electron chi connectivity index (χ4n) is 1.62. The summed E-state index contributed by atoms with van der Waals surface area (Å²) in [4.78, 5) is 0. The van der Waals surface area contributed by atoms with Crippen molar-refractivity contribution in [2.45, 2.75) is 6.43 Å². The zero-order chi connectivity index (χ0) is 14.2. The van der Waals surface area contributed by atoms with Crippen LogP contribution in [0.1, 0.15) is 12.0 Å². The number of hydrogen-bond donors (Lipinski definition) is 0. The van der Waals surface area contributed by atoms with Crippen LogP contribution in [-0.2, 0) is 0 Å². The Labute approximate surface area is 122 Å². The first-order chi connectivity index (χ1) is 8.90. The molecule has 0 spiro atoms. The quantitative estimate of drug-likeness (QED) is 0.561. The van der Waals surface area contributed by atoms with E-state index in [-0.39, 0.29) is 15.1 Å². The van der Waals surface area contributed by atoms with Crippen LogP contribution in [0.15, 0.2) is 30.3 Å². The van der Waals surface area contributed by atoms with Crippen LogP contribution in [0.5, 0.6) is 0 Å². The first-order valence-electron chi connectivity index (χ1n) is 5.12. The molecular formula is C13H6Cl3F3. The Hall–Kier alpha value is -0.900. The molecule has 0 nitrogen and oxygen atoms in total. The minimum absolute atomic E-state index is 0.240. The van der Waals surface area contributed by atoms with Crippen molar-refractivity contribution in [2.24, 2.45) is 0 Å². The number of alkyl halides is 2. The predicted molar refractivity (Wildman–Crippen MR) is 71.8 cm³/mol. The predicted octanol–water partition coefficient (Wildman–Crippen LogP) is 6.39. The summed E-state index contributed by atoms with van der Waals surface area (Å²) in [6.45, 7) is 0. The van der Waals surface area contributed by atoms with Crippen molar-refractivity contribution in [3.8, 4) is 11.1 Å². The monoisotopic (exact) mass is 324 g/mol. The van der Waals surface area contributed by atoms with Gasteiger partial charge < -0.3 is 0 Å². The van der Waals surface area contributed by atoms with Gasteiger partial charge >= 0.3 is 0 Å². The number of rotatable bonds is 2. The van der Waals surface area contributed by atoms with Crippen molar-refractivity contribution in [1.82, 2.24) is 0 Å². The normalized spacial score (nSPS) is 11.1. The van der Waals surface area contributed by atoms with E-state index in [0.29, 0.717) is 11.1 Å². The molecule has 0 aliphatic heterocycles. The Morgan fingerprint density at radius 2 is 1.47 bits per heavy atom. The van der Waals surface area contributed by atoms with Crippen molar-refractivity contribution in [3.63, 3.8) is 0 Å². The van der Waals surface area contributed by atoms with E-state index in [4.69, 9.17) is 34.8 Å². The molecule has 100 valence electrons. The van der Waals surface area contributed by atoms with Crippen LogP contribution < -0.4 is 0 Å². The molecule has 0 aliphatic carbocycles. The zero-order valence-electron chi connectivity index (χ0n) is 9.23. The largest absolute Gasteiger partial charge is 0.266 e. The maximum Gasteiger partial charge on any atom is 0.266 e. The second kappa shape index (κ2) is 5.61. The molecule has 6 heteroatoms. The van der Waals surface area contributed by atoms with Gasteiger partial charge in [-0.1, -0.05) is 40.9 Å². The van der Waals surface area contributed by atoms with Gasteiger partial charge in [0.25, 0.3) is 6.43 Å². The highest BCUT2D eigenvalue weighted by Gasteiger charge is 2.16. The lowest BCUT2D eigenvalue weighted by Crippen LogP contribution is -1.92. The van der Waals surface area contributed by atoms with Gasteiger partial charge in [0.1, 0.15) is 5.82 Å². The lowest BCUT2D eigenvalue weighted by Gasteiger charge is -2.09. The van der Waals surface area contributed by atoms with E-state index in [2.05, 4.69) is 0 Å². The maximum atomic E-state index is 13.2. The molecule has 2 aromatic carbocycles. The third kappa shape index (κ3) is 2.99. The Bertz CT molecular complexity index is 627. The second-order valence-corrected chi connectivity index (χ2v) is 5.00. The van der Waals surface area contributed by atoms with Crippen LogP contribution in [0, 0.1) is 5.82 Å². The first-order valence-corrected chi connectivity index (χ1v) is 6.26. The summed E-state index contributed by atoms with van der Waals surface area (Å²) in [5.41, 5.74) is 0.0814. The molecule has 2 aromatic rings. The molecule has 2 rings (SSSR count). The SMILES string of the molecule is Fc1ccc(-c2cc(Cl)c(Cl)cc2Cl)cc1C(F)F. The van der Waals surface area contributed by atoms with Crippen LogP contribution in [0.3, 0.4) is 0 Å². The smallest absolute Gasteiger partial charge is 0.206 e. The van der Waals surface area contributed by atoms with Gasteiger partial charge in [-0.3, -0.25) is 0 Å². The fourth-order valence-corrected chi connectivity index (χ4v) is 2.28. The highest BCUT2D eigenvalue weighted by Crippen LogP contribution is 2.36. The Morgan fingerprint density at radius 3 is 2.11 bits per heavy atom. The van der Waals surface area contributed by atoms with E-state index in [1.165, 1.54) is 18.2 Å². The summed E-state index contributed by atoms with van der Waals surface area (Å²) in [7, 11) is 0. The standard InChI is InChI=1S/C13H6Cl3F3/c14-9-5-11(16)10(15)4-7(9)6-1-2-12(17)8(3-6)13(18)19/h1-5,13H. The highest BCUT2D eigenvalue weighted by molar-refractivity contribution is 6.44. The molecule has 19 heavy (non-hydrogen) atoms. The van der Waals surface area contributed by atoms with Gasteiger partial charge in [0.15, 0.2) is 0 Å². The molecule has 0 aromatic heterocycles. The lowest BCUT2D eigenvalue weighted by atomic mass is 10.0. The number of halogens is 6. The van der Waals surface area contributed by atoms with Gasteiger partial charge in [0.05, 0.1) is 15.6 Å². The minimum Gasteiger partial charge on any atom is -0.206 e. The van der Waals surface area contributed by atoms with E-state index in [1.54, 1.807) is 0 Å². The first kappa shape index (κ1) is 14.5. The lowest BCUT2D eigenvalue weighted by molar-refractivity contribution is 0.146. The summed E-state index contributed by atoms with van der Waals surface area (Å²) in [6.07, 6.45) is -2.90. The van der Waals surface area contributed by atoms with Gasteiger partial charge in [-0.15, -0.1) is 0 Å². The summed E-state index contributed by atoms with van der Waals surface area (Å²) in [6, 6.07) is 6.23. The Morgan fingerprint density at radius 1 is 0.842 bits per heavy atom. The molecule has 0 fully saturated rings. The third-order valence-corrected chi connectivity index (χ3v) is 3.59. The second-order valence-electron chi connectivity index (χ2n) is 3.78. The molecular weight excluding hydrogens is 319 g/mol. The molecule has 0 heterocycles. The van der Waals surface area contributed by atoms with E-state index >= 15 is 0 Å². The average Bonchev–Trinajstić information content (AvgIpc) is 2.34. The van der Waals surface area contributed by atoms with Crippen molar-refractivity contribution in [2.75, 3.05) is 0 Å². The summed E-state index contributed by atoms with van der Waals surface area (Å²) >= 11 is 17.6. The van der Waals surface area contributed by atoms with Gasteiger partial charge in [-0.2, -0.15) is 0 Å². The molecule has 0 radical (unpaired) electrons. The van der Waals surface area contributed by atoms with Crippen molar-refractivity contribution >= 4 is 34.8 Å². The van der Waals surface area contributed by atoms with Gasteiger partial charge in [-0.05, 0) is 29.8 Å². The number of hydrogen-bond acceptors (Lipinski definition) is 0. The van der Waals surface area contributed by atoms with E-state index < -0.39 is 17.8 Å².